The van der Waals surface area contributed by atoms with Crippen LogP contribution in [0.2, 0.25) is 0 Å². The third kappa shape index (κ3) is 4.04. The number of carbonyl (C=O) groups is 2. The van der Waals surface area contributed by atoms with Gasteiger partial charge in [-0.2, -0.15) is 0 Å². The van der Waals surface area contributed by atoms with E-state index in [0.717, 1.165) is 10.8 Å². The summed E-state index contributed by atoms with van der Waals surface area (Å²) in [5.41, 5.74) is 8.49. The van der Waals surface area contributed by atoms with Crippen LogP contribution in [0.15, 0.2) is 60.7 Å². The first-order valence-corrected chi connectivity index (χ1v) is 7.33. The molecular formula is C20H19NO2. The Labute approximate surface area is 135 Å². The second-order valence-electron chi connectivity index (χ2n) is 5.39. The van der Waals surface area contributed by atoms with E-state index >= 15 is 0 Å². The van der Waals surface area contributed by atoms with E-state index in [1.165, 1.54) is 11.1 Å². The van der Waals surface area contributed by atoms with E-state index in [1.54, 1.807) is 18.2 Å². The summed E-state index contributed by atoms with van der Waals surface area (Å²) in [7, 11) is 0. The minimum absolute atomic E-state index is 0.267. The Bertz CT molecular complexity index is 836. The summed E-state index contributed by atoms with van der Waals surface area (Å²) in [4.78, 5) is 22.0. The standard InChI is InChI=1S/C12H9NO2.C8H10/c13-12(15)10-6-5-8-3-1-2-4-9(8)11(10)7-14;1-7-4-3-5-8(2)6-7/h1-7H,(H2,13,15);3-6H,1-2H3. The second-order valence-corrected chi connectivity index (χ2v) is 5.39. The molecule has 0 fully saturated rings. The first kappa shape index (κ1) is 16.4. The van der Waals surface area contributed by atoms with Crippen LogP contribution >= 0.6 is 0 Å². The van der Waals surface area contributed by atoms with Crippen LogP contribution in [-0.4, -0.2) is 12.2 Å². The Morgan fingerprint density at radius 2 is 1.57 bits per heavy atom. The lowest BCUT2D eigenvalue weighted by Gasteiger charge is -2.04. The fourth-order valence-electron chi connectivity index (χ4n) is 2.44. The molecule has 3 heteroatoms. The van der Waals surface area contributed by atoms with Gasteiger partial charge in [0, 0.05) is 5.56 Å². The minimum Gasteiger partial charge on any atom is -0.366 e. The van der Waals surface area contributed by atoms with E-state index in [9.17, 15) is 9.59 Å². The van der Waals surface area contributed by atoms with Crippen molar-refractivity contribution in [2.75, 3.05) is 0 Å². The molecule has 3 aromatic carbocycles. The number of aryl methyl sites for hydroxylation is 2. The summed E-state index contributed by atoms with van der Waals surface area (Å²) in [6.07, 6.45) is 0.669. The number of carbonyl (C=O) groups excluding carboxylic acids is 2. The Morgan fingerprint density at radius 1 is 0.913 bits per heavy atom. The third-order valence-corrected chi connectivity index (χ3v) is 3.53. The molecule has 0 aliphatic carbocycles. The van der Waals surface area contributed by atoms with Gasteiger partial charge in [0.25, 0.3) is 0 Å². The Kier molecular flexibility index (Phi) is 5.26. The van der Waals surface area contributed by atoms with Gasteiger partial charge >= 0.3 is 0 Å². The summed E-state index contributed by atoms with van der Waals surface area (Å²) in [5.74, 6) is -0.581. The molecule has 3 rings (SSSR count). The van der Waals surface area contributed by atoms with Crippen molar-refractivity contribution < 1.29 is 9.59 Å². The van der Waals surface area contributed by atoms with Crippen molar-refractivity contribution in [3.05, 3.63) is 82.9 Å². The van der Waals surface area contributed by atoms with Gasteiger partial charge in [0.05, 0.1) is 5.56 Å². The van der Waals surface area contributed by atoms with Gasteiger partial charge in [0.15, 0.2) is 6.29 Å². The smallest absolute Gasteiger partial charge is 0.249 e. The predicted octanol–water partition coefficient (Wildman–Crippen LogP) is 4.05. The second kappa shape index (κ2) is 7.36. The van der Waals surface area contributed by atoms with Crippen LogP contribution in [-0.2, 0) is 0 Å². The maximum atomic E-state index is 11.1. The largest absolute Gasteiger partial charge is 0.366 e. The van der Waals surface area contributed by atoms with Gasteiger partial charge in [0.2, 0.25) is 5.91 Å². The number of aldehydes is 1. The van der Waals surface area contributed by atoms with Crippen molar-refractivity contribution in [1.82, 2.24) is 0 Å². The molecular weight excluding hydrogens is 286 g/mol. The summed E-state index contributed by atoms with van der Waals surface area (Å²) in [6.45, 7) is 4.21. The van der Waals surface area contributed by atoms with Crippen LogP contribution in [0.3, 0.4) is 0 Å². The Morgan fingerprint density at radius 3 is 2.09 bits per heavy atom. The summed E-state index contributed by atoms with van der Waals surface area (Å²) in [5, 5.41) is 1.67. The lowest BCUT2D eigenvalue weighted by molar-refractivity contribution is 0.0993. The fraction of sp³-hybridized carbons (Fsp3) is 0.100. The highest BCUT2D eigenvalue weighted by atomic mass is 16.1. The van der Waals surface area contributed by atoms with E-state index in [4.69, 9.17) is 5.73 Å². The van der Waals surface area contributed by atoms with E-state index in [2.05, 4.69) is 38.1 Å². The van der Waals surface area contributed by atoms with Crippen molar-refractivity contribution in [2.24, 2.45) is 5.73 Å². The van der Waals surface area contributed by atoms with Crippen molar-refractivity contribution in [1.29, 1.82) is 0 Å². The van der Waals surface area contributed by atoms with Gasteiger partial charge in [-0.3, -0.25) is 9.59 Å². The van der Waals surface area contributed by atoms with Gasteiger partial charge in [0.1, 0.15) is 0 Å². The molecule has 1 amide bonds. The summed E-state index contributed by atoms with van der Waals surface area (Å²) in [6, 6.07) is 19.2. The lowest BCUT2D eigenvalue weighted by Crippen LogP contribution is -2.13. The molecule has 116 valence electrons. The van der Waals surface area contributed by atoms with Crippen molar-refractivity contribution in [3.8, 4) is 0 Å². The zero-order valence-corrected chi connectivity index (χ0v) is 13.2. The number of hydrogen-bond acceptors (Lipinski definition) is 2. The maximum Gasteiger partial charge on any atom is 0.249 e. The highest BCUT2D eigenvalue weighted by Gasteiger charge is 2.10. The number of rotatable bonds is 2. The van der Waals surface area contributed by atoms with Crippen LogP contribution in [0.25, 0.3) is 10.8 Å². The lowest BCUT2D eigenvalue weighted by atomic mass is 9.99. The molecule has 3 nitrogen and oxygen atoms in total. The fourth-order valence-corrected chi connectivity index (χ4v) is 2.44. The van der Waals surface area contributed by atoms with Gasteiger partial charge in [-0.1, -0.05) is 65.7 Å². The normalized spacial score (nSPS) is 9.83. The molecule has 0 saturated heterocycles. The first-order chi connectivity index (χ1) is 11.0. The Hall–Kier alpha value is -2.94. The van der Waals surface area contributed by atoms with E-state index in [1.807, 2.05) is 18.2 Å². The molecule has 0 radical (unpaired) electrons. The molecule has 3 aromatic rings. The van der Waals surface area contributed by atoms with Crippen molar-refractivity contribution >= 4 is 23.0 Å². The third-order valence-electron chi connectivity index (χ3n) is 3.53. The molecule has 0 aromatic heterocycles. The number of primary amides is 1. The topological polar surface area (TPSA) is 60.2 Å². The molecule has 23 heavy (non-hydrogen) atoms. The highest BCUT2D eigenvalue weighted by molar-refractivity contribution is 6.09. The van der Waals surface area contributed by atoms with E-state index < -0.39 is 5.91 Å². The molecule has 0 saturated carbocycles. The average molecular weight is 305 g/mol. The molecule has 0 aliphatic rings. The van der Waals surface area contributed by atoms with Crippen molar-refractivity contribution in [2.45, 2.75) is 13.8 Å². The van der Waals surface area contributed by atoms with E-state index in [0.29, 0.717) is 11.8 Å². The number of amides is 1. The average Bonchev–Trinajstić information content (AvgIpc) is 2.54. The molecule has 0 aliphatic heterocycles. The van der Waals surface area contributed by atoms with Crippen molar-refractivity contribution in [3.63, 3.8) is 0 Å². The zero-order chi connectivity index (χ0) is 16.8. The Balaban J connectivity index is 0.000000203. The number of hydrogen-bond donors (Lipinski definition) is 1. The van der Waals surface area contributed by atoms with E-state index in [-0.39, 0.29) is 5.56 Å². The number of benzene rings is 3. The SMILES string of the molecule is Cc1cccc(C)c1.NC(=O)c1ccc2ccccc2c1C=O. The summed E-state index contributed by atoms with van der Waals surface area (Å²) >= 11 is 0. The molecule has 0 unspecified atom stereocenters. The van der Waals surface area contributed by atoms with Crippen LogP contribution in [0.1, 0.15) is 31.8 Å². The predicted molar refractivity (Wildman–Crippen MR) is 93.8 cm³/mol. The molecule has 0 heterocycles. The number of fused-ring (bicyclic) bond motifs is 1. The molecule has 0 spiro atoms. The molecule has 0 bridgehead atoms. The quantitative estimate of drug-likeness (QED) is 0.726. The molecule has 0 atom stereocenters. The first-order valence-electron chi connectivity index (χ1n) is 7.33. The zero-order valence-electron chi connectivity index (χ0n) is 13.2. The van der Waals surface area contributed by atoms with Crippen LogP contribution in [0, 0.1) is 13.8 Å². The van der Waals surface area contributed by atoms with Gasteiger partial charge < -0.3 is 5.73 Å². The summed E-state index contributed by atoms with van der Waals surface area (Å²) < 4.78 is 0. The minimum atomic E-state index is -0.581. The van der Waals surface area contributed by atoms with Crippen LogP contribution < -0.4 is 5.73 Å². The highest BCUT2D eigenvalue weighted by Crippen LogP contribution is 2.20. The van der Waals surface area contributed by atoms with Crippen LogP contribution in [0.5, 0.6) is 0 Å². The van der Waals surface area contributed by atoms with Gasteiger partial charge in [-0.25, -0.2) is 0 Å². The van der Waals surface area contributed by atoms with Gasteiger partial charge in [-0.05, 0) is 30.7 Å². The maximum absolute atomic E-state index is 11.1. The van der Waals surface area contributed by atoms with Gasteiger partial charge in [-0.15, -0.1) is 0 Å². The van der Waals surface area contributed by atoms with Crippen LogP contribution in [0.4, 0.5) is 0 Å². The monoisotopic (exact) mass is 305 g/mol. The molecule has 2 N–H and O–H groups in total. The number of nitrogens with two attached hydrogens (primary N) is 1.